The zero-order valence-electron chi connectivity index (χ0n) is 22.3. The molecule has 0 radical (unpaired) electrons. The Labute approximate surface area is 241 Å². The molecule has 4 N–H and O–H groups in total. The number of aromatic amines is 1. The summed E-state index contributed by atoms with van der Waals surface area (Å²) in [7, 11) is 2.05. The lowest BCUT2D eigenvalue weighted by Crippen LogP contribution is -2.56. The van der Waals surface area contributed by atoms with Crippen molar-refractivity contribution >= 4 is 51.6 Å². The third-order valence-corrected chi connectivity index (χ3v) is 9.57. The van der Waals surface area contributed by atoms with Gasteiger partial charge in [-0.1, -0.05) is 11.6 Å². The minimum atomic E-state index is -0.490. The van der Waals surface area contributed by atoms with Crippen molar-refractivity contribution in [1.29, 1.82) is 0 Å². The topological polar surface area (TPSA) is 131 Å². The molecule has 212 valence electrons. The van der Waals surface area contributed by atoms with Crippen molar-refractivity contribution in [3.05, 3.63) is 50.6 Å². The summed E-state index contributed by atoms with van der Waals surface area (Å²) >= 11 is 7.52. The quantitative estimate of drug-likeness (QED) is 0.365. The molecule has 1 aliphatic carbocycles. The first kappa shape index (κ1) is 27.2. The largest absolute Gasteiger partial charge is 0.391 e. The third-order valence-electron chi connectivity index (χ3n) is 8.25. The molecule has 3 amide bonds. The first-order valence-electron chi connectivity index (χ1n) is 13.8. The van der Waals surface area contributed by atoms with E-state index in [4.69, 9.17) is 11.6 Å². The second-order valence-electron chi connectivity index (χ2n) is 11.2. The van der Waals surface area contributed by atoms with Crippen LogP contribution >= 0.6 is 22.9 Å². The van der Waals surface area contributed by atoms with Crippen LogP contribution in [0.1, 0.15) is 56.5 Å². The normalized spacial score (nSPS) is 25.1. The molecular weight excluding hydrogens is 552 g/mol. The number of carbonyl (C=O) groups is 3. The van der Waals surface area contributed by atoms with Crippen LogP contribution in [0.3, 0.4) is 0 Å². The van der Waals surface area contributed by atoms with Crippen molar-refractivity contribution in [3.8, 4) is 0 Å². The molecule has 4 heterocycles. The van der Waals surface area contributed by atoms with Crippen molar-refractivity contribution < 1.29 is 19.5 Å². The average molecular weight is 585 g/mol. The second-order valence-corrected chi connectivity index (χ2v) is 12.7. The molecule has 1 aromatic carbocycles. The van der Waals surface area contributed by atoms with E-state index in [0.717, 1.165) is 41.0 Å². The molecule has 4 atom stereocenters. The van der Waals surface area contributed by atoms with Gasteiger partial charge >= 0.3 is 0 Å². The lowest BCUT2D eigenvalue weighted by Gasteiger charge is -2.37. The Morgan fingerprint density at radius 2 is 1.93 bits per heavy atom. The van der Waals surface area contributed by atoms with Gasteiger partial charge in [-0.25, -0.2) is 4.98 Å². The van der Waals surface area contributed by atoms with Crippen LogP contribution in [-0.2, 0) is 17.8 Å². The molecular formula is C28H33ClN6O4S. The van der Waals surface area contributed by atoms with Crippen LogP contribution < -0.4 is 10.6 Å². The van der Waals surface area contributed by atoms with Crippen LogP contribution in [0.5, 0.6) is 0 Å². The minimum Gasteiger partial charge on any atom is -0.391 e. The number of hydrogen-bond acceptors (Lipinski definition) is 7. The number of nitrogens with one attached hydrogen (secondary N) is 3. The van der Waals surface area contributed by atoms with Gasteiger partial charge in [-0.2, -0.15) is 0 Å². The standard InChI is InChI=1S/C28H33ClN6O4S/c1-34-8-7-21-24(14-34)40-27(33-21)26(38)32-22-11-15(28(39)35-9-6-18(36)13-35)2-4-20(22)31-25(37)23-12-16-10-17(29)3-5-19(16)30-23/h3,5,10,12,15,18,20,22,30,36H,2,4,6-9,11,13-14H2,1H3,(H,31,37)(H,32,38)/t15?,18-,20?,22?/m1/s1. The number of hydrogen-bond donors (Lipinski definition) is 4. The molecule has 2 aromatic heterocycles. The number of halogens is 1. The number of likely N-dealkylation sites (tertiary alicyclic amines) is 1. The number of benzene rings is 1. The number of nitrogens with zero attached hydrogens (tertiary/aromatic N) is 3. The highest BCUT2D eigenvalue weighted by molar-refractivity contribution is 7.13. The molecule has 40 heavy (non-hydrogen) atoms. The number of β-amino-alcohol motifs (C(OH)–C–C–N with tert-alkyl or cyclic N) is 1. The summed E-state index contributed by atoms with van der Waals surface area (Å²) < 4.78 is 0. The molecule has 0 spiro atoms. The van der Waals surface area contributed by atoms with E-state index in [1.807, 2.05) is 6.07 Å². The number of thiazole rings is 1. The van der Waals surface area contributed by atoms with Crippen molar-refractivity contribution in [3.63, 3.8) is 0 Å². The highest BCUT2D eigenvalue weighted by Gasteiger charge is 2.39. The smallest absolute Gasteiger partial charge is 0.280 e. The molecule has 2 fully saturated rings. The molecule has 1 saturated heterocycles. The number of aromatic nitrogens is 2. The molecule has 3 aliphatic rings. The fourth-order valence-corrected chi connectivity index (χ4v) is 7.32. The minimum absolute atomic E-state index is 0.000761. The number of carbonyl (C=O) groups excluding carboxylic acids is 3. The number of H-pyrrole nitrogens is 1. The van der Waals surface area contributed by atoms with Gasteiger partial charge in [-0.3, -0.25) is 14.4 Å². The van der Waals surface area contributed by atoms with Gasteiger partial charge < -0.3 is 30.5 Å². The summed E-state index contributed by atoms with van der Waals surface area (Å²) in [6.45, 7) is 2.56. The van der Waals surface area contributed by atoms with Crippen LogP contribution in [0, 0.1) is 5.92 Å². The Kier molecular flexibility index (Phi) is 7.56. The molecule has 0 bridgehead atoms. The summed E-state index contributed by atoms with van der Waals surface area (Å²) in [5.41, 5.74) is 2.18. The number of amides is 3. The Bertz CT molecular complexity index is 1460. The molecule has 1 saturated carbocycles. The zero-order valence-corrected chi connectivity index (χ0v) is 23.9. The summed E-state index contributed by atoms with van der Waals surface area (Å²) in [4.78, 5) is 52.7. The Balaban J connectivity index is 1.20. The van der Waals surface area contributed by atoms with E-state index >= 15 is 0 Å². The Morgan fingerprint density at radius 3 is 2.73 bits per heavy atom. The lowest BCUT2D eigenvalue weighted by molar-refractivity contribution is -0.136. The van der Waals surface area contributed by atoms with E-state index in [2.05, 4.69) is 32.5 Å². The van der Waals surface area contributed by atoms with Gasteiger partial charge in [0.05, 0.1) is 17.8 Å². The van der Waals surface area contributed by atoms with E-state index in [0.29, 0.717) is 54.5 Å². The van der Waals surface area contributed by atoms with Crippen molar-refractivity contribution in [2.75, 3.05) is 26.7 Å². The zero-order chi connectivity index (χ0) is 28.0. The number of rotatable bonds is 5. The van der Waals surface area contributed by atoms with E-state index in [1.165, 1.54) is 11.3 Å². The fraction of sp³-hybridized carbons (Fsp3) is 0.500. The van der Waals surface area contributed by atoms with Gasteiger partial charge in [0.25, 0.3) is 11.8 Å². The van der Waals surface area contributed by atoms with Gasteiger partial charge in [0, 0.05) is 65.4 Å². The SMILES string of the molecule is CN1CCc2nc(C(=O)NC3CC(C(=O)N4CC[C@@H](O)C4)CCC3NC(=O)c3cc4cc(Cl)ccc4[nH]3)sc2C1. The second kappa shape index (κ2) is 11.1. The summed E-state index contributed by atoms with van der Waals surface area (Å²) in [5, 5.41) is 18.0. The molecule has 3 unspecified atom stereocenters. The predicted molar refractivity (Wildman–Crippen MR) is 153 cm³/mol. The van der Waals surface area contributed by atoms with Crippen molar-refractivity contribution in [2.24, 2.45) is 5.92 Å². The lowest BCUT2D eigenvalue weighted by atomic mass is 9.81. The Morgan fingerprint density at radius 1 is 1.10 bits per heavy atom. The van der Waals surface area contributed by atoms with Crippen LogP contribution in [0.4, 0.5) is 0 Å². The number of fused-ring (bicyclic) bond motifs is 2. The molecule has 10 nitrogen and oxygen atoms in total. The van der Waals surface area contributed by atoms with E-state index in [1.54, 1.807) is 23.1 Å². The van der Waals surface area contributed by atoms with Crippen LogP contribution in [0.15, 0.2) is 24.3 Å². The molecule has 12 heteroatoms. The van der Waals surface area contributed by atoms with E-state index < -0.39 is 12.1 Å². The number of likely N-dealkylation sites (N-methyl/N-ethyl adjacent to an activating group) is 1. The van der Waals surface area contributed by atoms with Crippen LogP contribution in [0.25, 0.3) is 10.9 Å². The molecule has 2 aliphatic heterocycles. The van der Waals surface area contributed by atoms with Gasteiger partial charge in [0.2, 0.25) is 5.91 Å². The molecule has 3 aromatic rings. The predicted octanol–water partition coefficient (Wildman–Crippen LogP) is 2.56. The number of aliphatic hydroxyl groups excluding tert-OH is 1. The third kappa shape index (κ3) is 5.60. The van der Waals surface area contributed by atoms with Gasteiger partial charge in [0.1, 0.15) is 5.69 Å². The first-order chi connectivity index (χ1) is 19.2. The molecule has 6 rings (SSSR count). The van der Waals surface area contributed by atoms with Gasteiger partial charge in [-0.15, -0.1) is 11.3 Å². The van der Waals surface area contributed by atoms with E-state index in [9.17, 15) is 19.5 Å². The summed E-state index contributed by atoms with van der Waals surface area (Å²) in [6.07, 6.45) is 2.43. The summed E-state index contributed by atoms with van der Waals surface area (Å²) in [5.74, 6) is -0.856. The van der Waals surface area contributed by atoms with Gasteiger partial charge in [-0.05, 0) is 57.0 Å². The maximum atomic E-state index is 13.4. The van der Waals surface area contributed by atoms with Crippen molar-refractivity contribution in [2.45, 2.75) is 56.8 Å². The maximum Gasteiger partial charge on any atom is 0.280 e. The van der Waals surface area contributed by atoms with Gasteiger partial charge in [0.15, 0.2) is 5.01 Å². The average Bonchev–Trinajstić information content (AvgIpc) is 3.66. The highest BCUT2D eigenvalue weighted by atomic mass is 35.5. The van der Waals surface area contributed by atoms with E-state index in [-0.39, 0.29) is 29.7 Å². The fourth-order valence-electron chi connectivity index (χ4n) is 6.05. The van der Waals surface area contributed by atoms with Crippen LogP contribution in [0.2, 0.25) is 5.02 Å². The number of aliphatic hydroxyl groups is 1. The Hall–Kier alpha value is -2.99. The highest BCUT2D eigenvalue weighted by Crippen LogP contribution is 2.30. The van der Waals surface area contributed by atoms with Crippen LogP contribution in [-0.4, -0.2) is 87.5 Å². The summed E-state index contributed by atoms with van der Waals surface area (Å²) in [6, 6.07) is 6.34. The maximum absolute atomic E-state index is 13.4. The van der Waals surface area contributed by atoms with Crippen molar-refractivity contribution in [1.82, 2.24) is 30.4 Å². The monoisotopic (exact) mass is 584 g/mol. The first-order valence-corrected chi connectivity index (χ1v) is 15.0.